The fraction of sp³-hybridized carbons (Fsp3) is 0.867. The maximum atomic E-state index is 6.46. The summed E-state index contributed by atoms with van der Waals surface area (Å²) in [6, 6.07) is 0. The molecule has 0 aliphatic heterocycles. The van der Waals surface area contributed by atoms with Crippen LogP contribution in [0.15, 0.2) is 37.0 Å². The molecule has 278 valence electrons. The van der Waals surface area contributed by atoms with E-state index in [2.05, 4.69) is 65.9 Å². The van der Waals surface area contributed by atoms with Crippen molar-refractivity contribution in [3.63, 3.8) is 0 Å². The van der Waals surface area contributed by atoms with Crippen LogP contribution >= 0.6 is 0 Å². The van der Waals surface area contributed by atoms with Crippen molar-refractivity contribution in [2.24, 2.45) is 5.92 Å². The van der Waals surface area contributed by atoms with Gasteiger partial charge in [-0.3, -0.25) is 0 Å². The third-order valence-electron chi connectivity index (χ3n) is 9.82. The van der Waals surface area contributed by atoms with E-state index in [-0.39, 0.29) is 0 Å². The van der Waals surface area contributed by atoms with Gasteiger partial charge in [-0.2, -0.15) is 0 Å². The molecule has 0 spiro atoms. The van der Waals surface area contributed by atoms with Gasteiger partial charge >= 0.3 is 0 Å². The lowest BCUT2D eigenvalue weighted by molar-refractivity contribution is -0.874. The van der Waals surface area contributed by atoms with Crippen molar-refractivity contribution in [3.05, 3.63) is 37.0 Å². The highest BCUT2D eigenvalue weighted by Crippen LogP contribution is 2.25. The predicted molar refractivity (Wildman–Crippen MR) is 214 cm³/mol. The molecule has 2 heteroatoms. The van der Waals surface area contributed by atoms with Gasteiger partial charge in [0.15, 0.2) is 0 Å². The first kappa shape index (κ1) is 46.1. The molecule has 2 unspecified atom stereocenters. The van der Waals surface area contributed by atoms with Gasteiger partial charge in [0, 0.05) is 5.92 Å². The number of hydrogen-bond acceptors (Lipinski definition) is 1. The minimum absolute atomic E-state index is 0.380. The summed E-state index contributed by atoms with van der Waals surface area (Å²) < 4.78 is 7.49. The maximum Gasteiger partial charge on any atom is 0.0834 e. The highest BCUT2D eigenvalue weighted by molar-refractivity contribution is 4.82. The average molecular weight is 659 g/mol. The van der Waals surface area contributed by atoms with Crippen LogP contribution < -0.4 is 0 Å². The Kier molecular flexibility index (Phi) is 35.8. The molecule has 0 saturated heterocycles. The molecule has 0 rings (SSSR count). The van der Waals surface area contributed by atoms with E-state index in [0.29, 0.717) is 18.6 Å². The molecule has 0 N–H and O–H groups in total. The second-order valence-electron chi connectivity index (χ2n) is 15.8. The van der Waals surface area contributed by atoms with Crippen molar-refractivity contribution in [2.45, 2.75) is 213 Å². The van der Waals surface area contributed by atoms with E-state index >= 15 is 0 Å². The fourth-order valence-electron chi connectivity index (χ4n) is 6.99. The molecule has 2 nitrogen and oxygen atoms in total. The summed E-state index contributed by atoms with van der Waals surface area (Å²) in [5.74, 6) is 0.648. The molecular formula is C45H88NO+. The Morgan fingerprint density at radius 1 is 0.468 bits per heavy atom. The summed E-state index contributed by atoms with van der Waals surface area (Å²) in [6.07, 6.45) is 53.0. The van der Waals surface area contributed by atoms with Crippen molar-refractivity contribution in [1.82, 2.24) is 0 Å². The smallest absolute Gasteiger partial charge is 0.0834 e. The number of hydrogen-bond donors (Lipinski definition) is 0. The number of unbranched alkanes of at least 4 members (excludes halogenated alkanes) is 24. The summed E-state index contributed by atoms with van der Waals surface area (Å²) in [5.41, 5.74) is 0. The second-order valence-corrected chi connectivity index (χ2v) is 15.8. The Balaban J connectivity index is 4.13. The highest BCUT2D eigenvalue weighted by atomic mass is 16.5. The lowest BCUT2D eigenvalue weighted by Gasteiger charge is -2.34. The zero-order valence-corrected chi connectivity index (χ0v) is 33.2. The fourth-order valence-corrected chi connectivity index (χ4v) is 6.99. The molecule has 0 heterocycles. The molecule has 0 aromatic rings. The predicted octanol–water partition coefficient (Wildman–Crippen LogP) is 14.7. The van der Waals surface area contributed by atoms with Gasteiger partial charge in [0.25, 0.3) is 0 Å². The summed E-state index contributed by atoms with van der Waals surface area (Å²) in [7, 11) is 7.05. The van der Waals surface area contributed by atoms with E-state index in [1.807, 2.05) is 6.08 Å². The number of allylic oxidation sites excluding steroid dienone is 4. The minimum Gasteiger partial charge on any atom is -0.374 e. The van der Waals surface area contributed by atoms with Crippen LogP contribution in [0.3, 0.4) is 0 Å². The van der Waals surface area contributed by atoms with E-state index in [0.717, 1.165) is 4.48 Å². The minimum atomic E-state index is 0.380. The summed E-state index contributed by atoms with van der Waals surface area (Å²) in [4.78, 5) is 0. The van der Waals surface area contributed by atoms with E-state index < -0.39 is 0 Å². The molecular weight excluding hydrogens is 571 g/mol. The molecule has 0 aromatic heterocycles. The quantitative estimate of drug-likeness (QED) is 0.0364. The van der Waals surface area contributed by atoms with Crippen LogP contribution in [0.5, 0.6) is 0 Å². The third-order valence-corrected chi connectivity index (χ3v) is 9.82. The van der Waals surface area contributed by atoms with Gasteiger partial charge in [-0.15, -0.1) is 6.58 Å². The van der Waals surface area contributed by atoms with Crippen LogP contribution in [-0.4, -0.2) is 44.9 Å². The molecule has 0 amide bonds. The molecule has 2 atom stereocenters. The summed E-state index contributed by atoms with van der Waals surface area (Å²) in [5, 5.41) is 0. The number of nitrogens with zero attached hydrogens (tertiary/aromatic N) is 1. The van der Waals surface area contributed by atoms with Crippen molar-refractivity contribution < 1.29 is 9.22 Å². The molecule has 0 saturated carbocycles. The number of rotatable bonds is 38. The zero-order chi connectivity index (χ0) is 34.5. The van der Waals surface area contributed by atoms with E-state index in [1.165, 1.54) is 199 Å². The van der Waals surface area contributed by atoms with E-state index in [9.17, 15) is 0 Å². The van der Waals surface area contributed by atoms with Crippen LogP contribution in [0, 0.1) is 5.92 Å². The molecule has 0 radical (unpaired) electrons. The molecule has 0 fully saturated rings. The van der Waals surface area contributed by atoms with Crippen LogP contribution in [0.25, 0.3) is 0 Å². The average Bonchev–Trinajstić information content (AvgIpc) is 3.04. The van der Waals surface area contributed by atoms with Crippen LogP contribution in [-0.2, 0) is 4.74 Å². The van der Waals surface area contributed by atoms with E-state index in [1.54, 1.807) is 0 Å². The first-order valence-corrected chi connectivity index (χ1v) is 21.3. The van der Waals surface area contributed by atoms with Gasteiger partial charge in [0.1, 0.15) is 0 Å². The lowest BCUT2D eigenvalue weighted by atomic mass is 9.90. The molecule has 0 aromatic carbocycles. The highest BCUT2D eigenvalue weighted by Gasteiger charge is 2.27. The van der Waals surface area contributed by atoms with Crippen LogP contribution in [0.1, 0.15) is 206 Å². The Morgan fingerprint density at radius 2 is 0.809 bits per heavy atom. The topological polar surface area (TPSA) is 9.23 Å². The Hall–Kier alpha value is -0.860. The normalized spacial score (nSPS) is 13.6. The van der Waals surface area contributed by atoms with Crippen LogP contribution in [0.2, 0.25) is 0 Å². The standard InChI is InChI=1S/C45H88NO/c1-7-10-12-14-16-18-20-22-24-26-28-30-32-34-36-38-40-44(43-46(4,5)6)45(47-42-9-3)41-39-37-35-33-31-29-27-25-23-21-19-17-15-13-11-8-2/h9,22-25,44-45H,3,7-8,10-21,26-43H2,1-2,4-6H3/q+1/b24-22-,25-23-. The third kappa shape index (κ3) is 36.3. The van der Waals surface area contributed by atoms with Gasteiger partial charge in [-0.05, 0) is 64.2 Å². The Bertz CT molecular complexity index is 674. The van der Waals surface area contributed by atoms with Gasteiger partial charge in [0.2, 0.25) is 0 Å². The lowest BCUT2D eigenvalue weighted by Crippen LogP contribution is -2.43. The number of quaternary nitrogens is 1. The first-order chi connectivity index (χ1) is 22.9. The van der Waals surface area contributed by atoms with Crippen LogP contribution in [0.4, 0.5) is 0 Å². The Labute approximate surface area is 298 Å². The van der Waals surface area contributed by atoms with Crippen molar-refractivity contribution in [3.8, 4) is 0 Å². The molecule has 0 aliphatic rings. The Morgan fingerprint density at radius 3 is 1.17 bits per heavy atom. The number of ether oxygens (including phenoxy) is 1. The van der Waals surface area contributed by atoms with Gasteiger partial charge in [0.05, 0.1) is 40.4 Å². The summed E-state index contributed by atoms with van der Waals surface area (Å²) in [6.45, 7) is 10.4. The maximum absolute atomic E-state index is 6.46. The van der Waals surface area contributed by atoms with E-state index in [4.69, 9.17) is 4.74 Å². The van der Waals surface area contributed by atoms with Crippen molar-refractivity contribution in [2.75, 3.05) is 34.3 Å². The van der Waals surface area contributed by atoms with Crippen molar-refractivity contribution in [1.29, 1.82) is 0 Å². The zero-order valence-electron chi connectivity index (χ0n) is 33.2. The molecule has 0 bridgehead atoms. The first-order valence-electron chi connectivity index (χ1n) is 21.3. The molecule has 0 aliphatic carbocycles. The molecule has 47 heavy (non-hydrogen) atoms. The van der Waals surface area contributed by atoms with Gasteiger partial charge < -0.3 is 9.22 Å². The van der Waals surface area contributed by atoms with Gasteiger partial charge in [-0.25, -0.2) is 0 Å². The second kappa shape index (κ2) is 36.4. The monoisotopic (exact) mass is 659 g/mol. The SMILES string of the molecule is C=CCOC(CCCCCCCC/C=C\CCCCCCCC)C(CCCCCCCC/C=C\CCCCCCCC)C[N+](C)(C)C. The van der Waals surface area contributed by atoms with Gasteiger partial charge in [-0.1, -0.05) is 173 Å². The van der Waals surface area contributed by atoms with Crippen molar-refractivity contribution >= 4 is 0 Å². The largest absolute Gasteiger partial charge is 0.374 e. The summed E-state index contributed by atoms with van der Waals surface area (Å²) >= 11 is 0.